The molecular weight excluding hydrogens is 440 g/mol. The molecule has 1 unspecified atom stereocenters. The number of esters is 1. The molecule has 1 heterocycles. The van der Waals surface area contributed by atoms with Crippen molar-refractivity contribution < 1.29 is 38.4 Å². The fourth-order valence-electron chi connectivity index (χ4n) is 4.99. The second kappa shape index (κ2) is 8.34. The van der Waals surface area contributed by atoms with E-state index in [9.17, 15) is 19.5 Å². The zero-order valence-corrected chi connectivity index (χ0v) is 19.1. The second-order valence-corrected chi connectivity index (χ2v) is 9.11. The first kappa shape index (κ1) is 22.3. The molecule has 178 valence electrons. The number of carbonyl (C=O) groups excluding carboxylic acids is 2. The Morgan fingerprint density at radius 1 is 1.06 bits per heavy atom. The molecule has 1 N–H and O–H groups in total. The lowest BCUT2D eigenvalue weighted by atomic mass is 9.75. The molecule has 2 fully saturated rings. The monoisotopic (exact) mass is 466 g/mol. The minimum atomic E-state index is -0.965. The molecule has 2 aromatic carbocycles. The maximum Gasteiger partial charge on any atom is 0.338 e. The molecule has 2 aromatic rings. The van der Waals surface area contributed by atoms with E-state index in [-0.39, 0.29) is 35.4 Å². The van der Waals surface area contributed by atoms with Gasteiger partial charge < -0.3 is 24.1 Å². The van der Waals surface area contributed by atoms with Crippen LogP contribution in [0.25, 0.3) is 0 Å². The molecule has 1 aliphatic heterocycles. The van der Waals surface area contributed by atoms with Gasteiger partial charge in [0.1, 0.15) is 18.1 Å². The Morgan fingerprint density at radius 2 is 1.82 bits per heavy atom. The van der Waals surface area contributed by atoms with Gasteiger partial charge in [-0.1, -0.05) is 18.6 Å². The molecule has 5 rings (SSSR count). The molecule has 8 heteroatoms. The van der Waals surface area contributed by atoms with Crippen molar-refractivity contribution in [3.05, 3.63) is 52.6 Å². The summed E-state index contributed by atoms with van der Waals surface area (Å²) in [6, 6.07) is 8.12. The standard InChI is InChI=1S/C26H26O8/c1-31-19-10-9-17(20(27)15-7-4-8-16-18(15)13-33-24(16)28)21(22(19)32-2)34-23(14-5-3-6-14)26(11-12-26)25(29)30/h4,7-10,14,23H,3,5-6,11-13H2,1-2H3,(H,29,30). The fraction of sp³-hybridized carbons (Fsp3) is 0.423. The zero-order valence-electron chi connectivity index (χ0n) is 19.1. The normalized spacial score (nSPS) is 18.8. The Labute approximate surface area is 196 Å². The van der Waals surface area contributed by atoms with Crippen LogP contribution < -0.4 is 14.2 Å². The van der Waals surface area contributed by atoms with Crippen LogP contribution in [0, 0.1) is 11.3 Å². The van der Waals surface area contributed by atoms with Crippen LogP contribution in [0.1, 0.15) is 63.9 Å². The van der Waals surface area contributed by atoms with Crippen LogP contribution in [0.4, 0.5) is 0 Å². The van der Waals surface area contributed by atoms with Crippen LogP contribution in [0.5, 0.6) is 17.2 Å². The number of benzene rings is 2. The van der Waals surface area contributed by atoms with Crippen molar-refractivity contribution in [3.8, 4) is 17.2 Å². The number of methoxy groups -OCH3 is 2. The summed E-state index contributed by atoms with van der Waals surface area (Å²) < 4.78 is 22.6. The average molecular weight is 466 g/mol. The Hall–Kier alpha value is -3.55. The number of hydrogen-bond acceptors (Lipinski definition) is 7. The van der Waals surface area contributed by atoms with E-state index in [0.29, 0.717) is 35.3 Å². The highest BCUT2D eigenvalue weighted by Crippen LogP contribution is 2.56. The number of carbonyl (C=O) groups is 3. The summed E-state index contributed by atoms with van der Waals surface area (Å²) in [6.07, 6.45) is 3.25. The van der Waals surface area contributed by atoms with Crippen molar-refractivity contribution in [2.45, 2.75) is 44.8 Å². The lowest BCUT2D eigenvalue weighted by Crippen LogP contribution is -2.43. The van der Waals surface area contributed by atoms with Gasteiger partial charge in [-0.25, -0.2) is 4.79 Å². The van der Waals surface area contributed by atoms with E-state index in [4.69, 9.17) is 18.9 Å². The van der Waals surface area contributed by atoms with E-state index >= 15 is 0 Å². The largest absolute Gasteiger partial charge is 0.493 e. The maximum absolute atomic E-state index is 13.8. The number of cyclic esters (lactones) is 1. The molecule has 8 nitrogen and oxygen atoms in total. The third-order valence-corrected chi connectivity index (χ3v) is 7.31. The van der Waals surface area contributed by atoms with E-state index in [0.717, 1.165) is 19.3 Å². The highest BCUT2D eigenvalue weighted by molar-refractivity contribution is 6.14. The summed E-state index contributed by atoms with van der Waals surface area (Å²) in [7, 11) is 2.94. The van der Waals surface area contributed by atoms with Crippen molar-refractivity contribution in [3.63, 3.8) is 0 Å². The highest BCUT2D eigenvalue weighted by atomic mass is 16.5. The molecule has 3 aliphatic rings. The van der Waals surface area contributed by atoms with Crippen LogP contribution in [0.3, 0.4) is 0 Å². The topological polar surface area (TPSA) is 108 Å². The number of hydrogen-bond donors (Lipinski definition) is 1. The Bertz CT molecular complexity index is 1180. The zero-order chi connectivity index (χ0) is 24.0. The minimum absolute atomic E-state index is 0.0202. The molecule has 34 heavy (non-hydrogen) atoms. The van der Waals surface area contributed by atoms with Gasteiger partial charge in [-0.15, -0.1) is 0 Å². The van der Waals surface area contributed by atoms with Crippen molar-refractivity contribution >= 4 is 17.7 Å². The molecule has 1 atom stereocenters. The minimum Gasteiger partial charge on any atom is -0.493 e. The number of ether oxygens (including phenoxy) is 4. The van der Waals surface area contributed by atoms with Gasteiger partial charge in [0.2, 0.25) is 5.75 Å². The molecule has 0 bridgehead atoms. The van der Waals surface area contributed by atoms with Crippen molar-refractivity contribution in [1.29, 1.82) is 0 Å². The van der Waals surface area contributed by atoms with Crippen LogP contribution in [0.2, 0.25) is 0 Å². The first-order chi connectivity index (χ1) is 16.4. The number of aliphatic carboxylic acids is 1. The summed E-state index contributed by atoms with van der Waals surface area (Å²) in [5.41, 5.74) is 0.478. The Balaban J connectivity index is 1.62. The van der Waals surface area contributed by atoms with Crippen molar-refractivity contribution in [2.24, 2.45) is 11.3 Å². The molecule has 0 amide bonds. The Kier molecular flexibility index (Phi) is 5.46. The molecule has 2 aliphatic carbocycles. The first-order valence-corrected chi connectivity index (χ1v) is 11.4. The van der Waals surface area contributed by atoms with Crippen LogP contribution in [-0.2, 0) is 16.1 Å². The van der Waals surface area contributed by atoms with Gasteiger partial charge in [0.25, 0.3) is 0 Å². The van der Waals surface area contributed by atoms with Crippen LogP contribution in [0.15, 0.2) is 30.3 Å². The van der Waals surface area contributed by atoms with Gasteiger partial charge in [-0.3, -0.25) is 9.59 Å². The van der Waals surface area contributed by atoms with Gasteiger partial charge in [0.05, 0.1) is 25.3 Å². The predicted molar refractivity (Wildman–Crippen MR) is 120 cm³/mol. The smallest absolute Gasteiger partial charge is 0.338 e. The predicted octanol–water partition coefficient (Wildman–Crippen LogP) is 4.02. The molecule has 0 radical (unpaired) electrons. The van der Waals surface area contributed by atoms with E-state index in [2.05, 4.69) is 0 Å². The first-order valence-electron chi connectivity index (χ1n) is 11.4. The summed E-state index contributed by atoms with van der Waals surface area (Å²) in [6.45, 7) is 0.0202. The van der Waals surface area contributed by atoms with Gasteiger partial charge in [-0.2, -0.15) is 0 Å². The third-order valence-electron chi connectivity index (χ3n) is 7.31. The van der Waals surface area contributed by atoms with Gasteiger partial charge in [0, 0.05) is 11.1 Å². The lowest BCUT2D eigenvalue weighted by molar-refractivity contribution is -0.149. The molecule has 0 spiro atoms. The van der Waals surface area contributed by atoms with E-state index in [1.54, 1.807) is 30.3 Å². The quantitative estimate of drug-likeness (QED) is 0.436. The summed E-state index contributed by atoms with van der Waals surface area (Å²) in [5.74, 6) is -0.842. The second-order valence-electron chi connectivity index (χ2n) is 9.11. The molecule has 0 aromatic heterocycles. The van der Waals surface area contributed by atoms with Crippen LogP contribution in [-0.4, -0.2) is 43.2 Å². The highest BCUT2D eigenvalue weighted by Gasteiger charge is 2.60. The SMILES string of the molecule is COc1ccc(C(=O)c2cccc3c2COC3=O)c(OC(C2CCC2)C2(C(=O)O)CC2)c1OC. The summed E-state index contributed by atoms with van der Waals surface area (Å²) in [5, 5.41) is 9.99. The Morgan fingerprint density at radius 3 is 2.41 bits per heavy atom. The number of rotatable bonds is 9. The molecule has 0 saturated heterocycles. The van der Waals surface area contributed by atoms with E-state index in [1.807, 2.05) is 0 Å². The van der Waals surface area contributed by atoms with Crippen molar-refractivity contribution in [1.82, 2.24) is 0 Å². The van der Waals surface area contributed by atoms with Gasteiger partial charge >= 0.3 is 11.9 Å². The lowest BCUT2D eigenvalue weighted by Gasteiger charge is -2.38. The third kappa shape index (κ3) is 3.40. The van der Waals surface area contributed by atoms with Crippen molar-refractivity contribution in [2.75, 3.05) is 14.2 Å². The van der Waals surface area contributed by atoms with Gasteiger partial charge in [0.15, 0.2) is 17.3 Å². The number of fused-ring (bicyclic) bond motifs is 1. The van der Waals surface area contributed by atoms with E-state index < -0.39 is 23.5 Å². The average Bonchev–Trinajstić information content (AvgIpc) is 3.54. The summed E-state index contributed by atoms with van der Waals surface area (Å²) in [4.78, 5) is 38.0. The van der Waals surface area contributed by atoms with E-state index in [1.165, 1.54) is 14.2 Å². The summed E-state index contributed by atoms with van der Waals surface area (Å²) >= 11 is 0. The maximum atomic E-state index is 13.8. The molecule has 2 saturated carbocycles. The van der Waals surface area contributed by atoms with Gasteiger partial charge in [-0.05, 0) is 49.8 Å². The number of carboxylic acid groups (broad SMARTS) is 1. The number of ketones is 1. The van der Waals surface area contributed by atoms with Crippen LogP contribution >= 0.6 is 0 Å². The number of carboxylic acids is 1. The fourth-order valence-corrected chi connectivity index (χ4v) is 4.99. The molecular formula is C26H26O8.